The lowest BCUT2D eigenvalue weighted by molar-refractivity contribution is -0.117. The van der Waals surface area contributed by atoms with Crippen LogP contribution in [-0.2, 0) is 26.1 Å². The number of thiophene rings is 1. The van der Waals surface area contributed by atoms with E-state index < -0.39 is 10.0 Å². The molecule has 180 valence electrons. The minimum atomic E-state index is -3.77. The number of benzene rings is 2. The number of anilines is 2. The van der Waals surface area contributed by atoms with Crippen molar-refractivity contribution < 1.29 is 17.9 Å². The number of hydrogen-bond donors (Lipinski definition) is 1. The number of nitrogens with one attached hydrogen (secondary N) is 1. The summed E-state index contributed by atoms with van der Waals surface area (Å²) < 4.78 is 33.2. The van der Waals surface area contributed by atoms with Gasteiger partial charge in [-0.15, -0.1) is 11.3 Å². The largest absolute Gasteiger partial charge is 0.377 e. The summed E-state index contributed by atoms with van der Waals surface area (Å²) in [6, 6.07) is 19.3. The molecular formula is C25H29N3O4S2. The van der Waals surface area contributed by atoms with E-state index in [0.717, 1.165) is 19.4 Å². The molecule has 1 aromatic heterocycles. The van der Waals surface area contributed by atoms with Crippen LogP contribution in [0.15, 0.2) is 77.0 Å². The van der Waals surface area contributed by atoms with Gasteiger partial charge in [0.2, 0.25) is 5.91 Å². The molecule has 0 bridgehead atoms. The van der Waals surface area contributed by atoms with Gasteiger partial charge < -0.3 is 10.1 Å². The van der Waals surface area contributed by atoms with Crippen LogP contribution in [0.3, 0.4) is 0 Å². The summed E-state index contributed by atoms with van der Waals surface area (Å²) in [4.78, 5) is 16.3. The number of nitrogens with zero attached hydrogens (tertiary/aromatic N) is 2. The lowest BCUT2D eigenvalue weighted by Crippen LogP contribution is -2.37. The van der Waals surface area contributed by atoms with Crippen LogP contribution in [0.4, 0.5) is 11.4 Å². The number of carbonyl (C=O) groups excluding carboxylic acids is 1. The molecule has 0 spiro atoms. The van der Waals surface area contributed by atoms with Crippen molar-refractivity contribution in [1.29, 1.82) is 0 Å². The maximum atomic E-state index is 13.1. The van der Waals surface area contributed by atoms with E-state index in [9.17, 15) is 13.2 Å². The summed E-state index contributed by atoms with van der Waals surface area (Å²) in [7, 11) is -2.25. The number of para-hydroxylation sites is 1. The Hall–Kier alpha value is -2.72. The third-order valence-corrected chi connectivity index (χ3v) is 8.35. The second-order valence-electron chi connectivity index (χ2n) is 8.27. The van der Waals surface area contributed by atoms with Crippen molar-refractivity contribution in [3.8, 4) is 0 Å². The first kappa shape index (κ1) is 24.4. The van der Waals surface area contributed by atoms with Crippen LogP contribution in [0.2, 0.25) is 0 Å². The average Bonchev–Trinajstić information content (AvgIpc) is 3.54. The lowest BCUT2D eigenvalue weighted by Gasteiger charge is -2.24. The molecule has 7 nitrogen and oxygen atoms in total. The van der Waals surface area contributed by atoms with Crippen molar-refractivity contribution in [2.75, 3.05) is 36.4 Å². The van der Waals surface area contributed by atoms with E-state index in [4.69, 9.17) is 4.74 Å². The van der Waals surface area contributed by atoms with Crippen LogP contribution in [0.5, 0.6) is 0 Å². The maximum absolute atomic E-state index is 13.1. The molecule has 0 aliphatic carbocycles. The second kappa shape index (κ2) is 11.1. The monoisotopic (exact) mass is 499 g/mol. The van der Waals surface area contributed by atoms with Gasteiger partial charge in [-0.1, -0.05) is 30.3 Å². The Morgan fingerprint density at radius 3 is 2.65 bits per heavy atom. The van der Waals surface area contributed by atoms with Crippen molar-refractivity contribution in [1.82, 2.24) is 4.90 Å². The molecule has 2 heterocycles. The van der Waals surface area contributed by atoms with Crippen LogP contribution in [0.1, 0.15) is 17.7 Å². The van der Waals surface area contributed by atoms with E-state index in [-0.39, 0.29) is 23.5 Å². The summed E-state index contributed by atoms with van der Waals surface area (Å²) in [6.45, 7) is 2.31. The molecule has 9 heteroatoms. The molecule has 0 unspecified atom stereocenters. The minimum absolute atomic E-state index is 0.117. The fourth-order valence-corrected chi connectivity index (χ4v) is 5.95. The van der Waals surface area contributed by atoms with E-state index in [1.807, 2.05) is 17.5 Å². The van der Waals surface area contributed by atoms with Crippen LogP contribution in [0, 0.1) is 0 Å². The third-order valence-electron chi connectivity index (χ3n) is 5.71. The predicted octanol–water partition coefficient (Wildman–Crippen LogP) is 4.19. The molecule has 0 saturated carbocycles. The van der Waals surface area contributed by atoms with Gasteiger partial charge in [0.1, 0.15) is 0 Å². The fraction of sp³-hybridized carbons (Fsp3) is 0.320. The van der Waals surface area contributed by atoms with Gasteiger partial charge in [-0.2, -0.15) is 0 Å². The molecule has 34 heavy (non-hydrogen) atoms. The minimum Gasteiger partial charge on any atom is -0.377 e. The first-order valence-electron chi connectivity index (χ1n) is 11.2. The molecule has 0 radical (unpaired) electrons. The van der Waals surface area contributed by atoms with Crippen molar-refractivity contribution in [2.24, 2.45) is 0 Å². The summed E-state index contributed by atoms with van der Waals surface area (Å²) in [5, 5.41) is 4.89. The first-order valence-corrected chi connectivity index (χ1v) is 13.5. The summed E-state index contributed by atoms with van der Waals surface area (Å²) >= 11 is 1.66. The molecule has 1 atom stereocenters. The molecule has 1 N–H and O–H groups in total. The van der Waals surface area contributed by atoms with Gasteiger partial charge in [-0.25, -0.2) is 8.42 Å². The number of rotatable bonds is 10. The summed E-state index contributed by atoms with van der Waals surface area (Å²) in [5.74, 6) is -0.194. The Kier molecular flexibility index (Phi) is 7.99. The highest BCUT2D eigenvalue weighted by Crippen LogP contribution is 2.24. The molecule has 1 saturated heterocycles. The van der Waals surface area contributed by atoms with Gasteiger partial charge in [0.05, 0.1) is 23.2 Å². The standard InChI is InChI=1S/C25H29N3O4S2/c1-27(21-9-3-2-4-10-21)34(30,31)24-13-5-8-20(16-24)26-25(29)19-28(17-22-11-6-14-32-22)18-23-12-7-15-33-23/h2-5,7-10,12-13,15-16,22H,6,11,14,17-19H2,1H3,(H,26,29)/t22-/m1/s1. The first-order chi connectivity index (χ1) is 16.4. The topological polar surface area (TPSA) is 79.0 Å². The molecule has 1 amide bonds. The number of hydrogen-bond acceptors (Lipinski definition) is 6. The van der Waals surface area contributed by atoms with Crippen LogP contribution >= 0.6 is 11.3 Å². The highest BCUT2D eigenvalue weighted by atomic mass is 32.2. The molecule has 1 aliphatic heterocycles. The summed E-state index contributed by atoms with van der Waals surface area (Å²) in [5.41, 5.74) is 1.01. The van der Waals surface area contributed by atoms with E-state index >= 15 is 0 Å². The van der Waals surface area contributed by atoms with Crippen LogP contribution < -0.4 is 9.62 Å². The predicted molar refractivity (Wildman–Crippen MR) is 136 cm³/mol. The highest BCUT2D eigenvalue weighted by Gasteiger charge is 2.23. The number of sulfonamides is 1. The van der Waals surface area contributed by atoms with Gasteiger partial charge in [-0.05, 0) is 54.6 Å². The molecule has 1 fully saturated rings. The maximum Gasteiger partial charge on any atom is 0.264 e. The number of carbonyl (C=O) groups is 1. The van der Waals surface area contributed by atoms with E-state index in [0.29, 0.717) is 24.5 Å². The van der Waals surface area contributed by atoms with Crippen LogP contribution in [-0.4, -0.2) is 52.1 Å². The van der Waals surface area contributed by atoms with Crippen molar-refractivity contribution >= 4 is 38.6 Å². The van der Waals surface area contributed by atoms with Crippen molar-refractivity contribution in [3.63, 3.8) is 0 Å². The molecule has 3 aromatic rings. The SMILES string of the molecule is CN(c1ccccc1)S(=O)(=O)c1cccc(NC(=O)CN(Cc2cccs2)C[C@H]2CCCO2)c1. The number of amides is 1. The van der Waals surface area contributed by atoms with Gasteiger partial charge in [0, 0.05) is 37.3 Å². The molecule has 1 aliphatic rings. The van der Waals surface area contributed by atoms with Gasteiger partial charge in [0.15, 0.2) is 0 Å². The molecule has 4 rings (SSSR count). The Bertz CT molecular complexity index is 1180. The molecule has 2 aromatic carbocycles. The van der Waals surface area contributed by atoms with E-state index in [1.54, 1.807) is 47.7 Å². The highest BCUT2D eigenvalue weighted by molar-refractivity contribution is 7.92. The Morgan fingerprint density at radius 1 is 1.12 bits per heavy atom. The zero-order chi connectivity index (χ0) is 24.0. The Labute approximate surface area is 205 Å². The quantitative estimate of drug-likeness (QED) is 0.453. The van der Waals surface area contributed by atoms with Crippen molar-refractivity contribution in [3.05, 3.63) is 77.0 Å². The summed E-state index contributed by atoms with van der Waals surface area (Å²) in [6.07, 6.45) is 2.18. The Morgan fingerprint density at radius 2 is 1.94 bits per heavy atom. The zero-order valence-corrected chi connectivity index (χ0v) is 20.7. The van der Waals surface area contributed by atoms with Gasteiger partial charge in [0.25, 0.3) is 10.0 Å². The zero-order valence-electron chi connectivity index (χ0n) is 19.1. The van der Waals surface area contributed by atoms with E-state index in [2.05, 4.69) is 16.3 Å². The fourth-order valence-electron chi connectivity index (χ4n) is 3.96. The third kappa shape index (κ3) is 6.24. The smallest absolute Gasteiger partial charge is 0.264 e. The second-order valence-corrected chi connectivity index (χ2v) is 11.3. The Balaban J connectivity index is 1.44. The molecular weight excluding hydrogens is 470 g/mol. The lowest BCUT2D eigenvalue weighted by atomic mass is 10.2. The average molecular weight is 500 g/mol. The van der Waals surface area contributed by atoms with Gasteiger partial charge in [-0.3, -0.25) is 14.0 Å². The normalized spacial score (nSPS) is 16.0. The number of ether oxygens (including phenoxy) is 1. The van der Waals surface area contributed by atoms with Crippen molar-refractivity contribution in [2.45, 2.75) is 30.4 Å². The van der Waals surface area contributed by atoms with Gasteiger partial charge >= 0.3 is 0 Å². The van der Waals surface area contributed by atoms with E-state index in [1.165, 1.54) is 28.4 Å². The van der Waals surface area contributed by atoms with Crippen LogP contribution in [0.25, 0.3) is 0 Å².